The standard InChI is InChI=1S/C48H47NO4/c1-45(2)27-46(3,4)29-47(28-45)40-11-8-7-10-35(40)42-38-24-30(26-50)37(41-12-9-23-49-41)25-39(38)44-36(43(42)47)21-22-48(53-44,31-13-17-33(51-5)18-14-31)32-15-19-34(52-6)20-16-32/h7-25,49-50H,26-29H2,1-6H3. The Morgan fingerprint density at radius 2 is 1.36 bits per heavy atom. The van der Waals surface area contributed by atoms with Crippen LogP contribution >= 0.6 is 0 Å². The summed E-state index contributed by atoms with van der Waals surface area (Å²) in [6.45, 7) is 9.70. The van der Waals surface area contributed by atoms with Crippen molar-refractivity contribution < 1.29 is 19.3 Å². The Morgan fingerprint density at radius 3 is 1.94 bits per heavy atom. The first kappa shape index (κ1) is 33.6. The zero-order valence-corrected chi connectivity index (χ0v) is 31.5. The van der Waals surface area contributed by atoms with Crippen molar-refractivity contribution in [2.75, 3.05) is 14.2 Å². The van der Waals surface area contributed by atoms with Crippen LogP contribution in [-0.2, 0) is 17.6 Å². The van der Waals surface area contributed by atoms with Gasteiger partial charge in [0.05, 0.1) is 20.8 Å². The lowest BCUT2D eigenvalue weighted by Crippen LogP contribution is -2.44. The van der Waals surface area contributed by atoms with E-state index in [-0.39, 0.29) is 22.9 Å². The number of hydrogen-bond acceptors (Lipinski definition) is 4. The quantitative estimate of drug-likeness (QED) is 0.181. The number of methoxy groups -OCH3 is 2. The lowest BCUT2D eigenvalue weighted by Gasteiger charge is -2.52. The largest absolute Gasteiger partial charge is 0.497 e. The Kier molecular flexibility index (Phi) is 7.52. The van der Waals surface area contributed by atoms with Crippen molar-refractivity contribution in [3.63, 3.8) is 0 Å². The first-order chi connectivity index (χ1) is 25.5. The molecule has 5 aromatic carbocycles. The molecule has 1 spiro atoms. The number of hydrogen-bond donors (Lipinski definition) is 2. The third-order valence-corrected chi connectivity index (χ3v) is 12.1. The van der Waals surface area contributed by atoms with Crippen LogP contribution < -0.4 is 14.2 Å². The molecular weight excluding hydrogens is 655 g/mol. The van der Waals surface area contributed by atoms with Crippen LogP contribution in [0.1, 0.15) is 80.3 Å². The van der Waals surface area contributed by atoms with Gasteiger partial charge < -0.3 is 24.3 Å². The summed E-state index contributed by atoms with van der Waals surface area (Å²) in [7, 11) is 3.39. The molecule has 0 amide bonds. The van der Waals surface area contributed by atoms with Crippen molar-refractivity contribution in [2.24, 2.45) is 10.8 Å². The number of benzene rings is 5. The third-order valence-electron chi connectivity index (χ3n) is 12.1. The molecule has 0 radical (unpaired) electrons. The van der Waals surface area contributed by atoms with Crippen molar-refractivity contribution in [3.05, 3.63) is 143 Å². The molecule has 3 aliphatic rings. The van der Waals surface area contributed by atoms with Crippen molar-refractivity contribution in [1.82, 2.24) is 4.98 Å². The number of rotatable bonds is 6. The normalized spacial score (nSPS) is 18.2. The maximum absolute atomic E-state index is 10.9. The van der Waals surface area contributed by atoms with E-state index in [2.05, 4.69) is 112 Å². The fourth-order valence-electron chi connectivity index (χ4n) is 10.8. The molecule has 2 N–H and O–H groups in total. The van der Waals surface area contributed by atoms with E-state index in [4.69, 9.17) is 14.2 Å². The van der Waals surface area contributed by atoms with Crippen molar-refractivity contribution >= 4 is 16.8 Å². The summed E-state index contributed by atoms with van der Waals surface area (Å²) in [5.74, 6) is 2.44. The van der Waals surface area contributed by atoms with Crippen LogP contribution in [0, 0.1) is 10.8 Å². The van der Waals surface area contributed by atoms with E-state index in [1.807, 2.05) is 36.5 Å². The molecule has 2 aliphatic carbocycles. The number of aromatic nitrogens is 1. The summed E-state index contributed by atoms with van der Waals surface area (Å²) < 4.78 is 18.9. The summed E-state index contributed by atoms with van der Waals surface area (Å²) in [6, 6.07) is 34.0. The van der Waals surface area contributed by atoms with E-state index < -0.39 is 5.60 Å². The lowest BCUT2D eigenvalue weighted by atomic mass is 9.52. The first-order valence-electron chi connectivity index (χ1n) is 18.7. The summed E-state index contributed by atoms with van der Waals surface area (Å²) in [5.41, 5.74) is 10.3. The minimum atomic E-state index is -0.946. The minimum Gasteiger partial charge on any atom is -0.497 e. The highest BCUT2D eigenvalue weighted by Crippen LogP contribution is 2.67. The Bertz CT molecular complexity index is 2330. The molecule has 1 aliphatic heterocycles. The molecule has 9 rings (SSSR count). The van der Waals surface area contributed by atoms with Gasteiger partial charge in [-0.05, 0) is 118 Å². The Balaban J connectivity index is 1.41. The number of ether oxygens (including phenoxy) is 3. The SMILES string of the molecule is COc1ccc(C2(c3ccc(OC)cc3)C=Cc3c4c(c5cc(CO)c(-c6ccc[nH]6)cc5c3O2)-c2ccccc2C42CC(C)(C)CC(C)(C)C2)cc1. The number of aliphatic hydroxyl groups excluding tert-OH is 1. The zero-order chi connectivity index (χ0) is 36.8. The summed E-state index contributed by atoms with van der Waals surface area (Å²) >= 11 is 0. The van der Waals surface area contributed by atoms with Crippen LogP contribution in [-0.4, -0.2) is 24.3 Å². The summed E-state index contributed by atoms with van der Waals surface area (Å²) in [6.07, 6.45) is 9.77. The number of H-pyrrole nitrogens is 1. The van der Waals surface area contributed by atoms with Gasteiger partial charge in [0.15, 0.2) is 5.60 Å². The Labute approximate surface area is 312 Å². The van der Waals surface area contributed by atoms with Gasteiger partial charge in [0, 0.05) is 44.9 Å². The van der Waals surface area contributed by atoms with Crippen LogP contribution in [0.25, 0.3) is 39.2 Å². The molecule has 6 aromatic rings. The van der Waals surface area contributed by atoms with Gasteiger partial charge in [0.1, 0.15) is 17.2 Å². The van der Waals surface area contributed by atoms with E-state index in [1.54, 1.807) is 14.2 Å². The molecule has 1 aromatic heterocycles. The van der Waals surface area contributed by atoms with Crippen LogP contribution in [0.3, 0.4) is 0 Å². The van der Waals surface area contributed by atoms with E-state index in [0.29, 0.717) is 0 Å². The van der Waals surface area contributed by atoms with E-state index in [9.17, 15) is 5.11 Å². The minimum absolute atomic E-state index is 0.0780. The maximum Gasteiger partial charge on any atom is 0.178 e. The second-order valence-corrected chi connectivity index (χ2v) is 16.9. The van der Waals surface area contributed by atoms with E-state index >= 15 is 0 Å². The second kappa shape index (κ2) is 11.9. The first-order valence-corrected chi connectivity index (χ1v) is 18.7. The van der Waals surface area contributed by atoms with Gasteiger partial charge in [-0.1, -0.05) is 82.3 Å². The van der Waals surface area contributed by atoms with Crippen LogP contribution in [0.4, 0.5) is 0 Å². The van der Waals surface area contributed by atoms with Crippen LogP contribution in [0.2, 0.25) is 0 Å². The lowest BCUT2D eigenvalue weighted by molar-refractivity contribution is 0.0642. The van der Waals surface area contributed by atoms with Crippen LogP contribution in [0.5, 0.6) is 17.2 Å². The average molecular weight is 702 g/mol. The summed E-state index contributed by atoms with van der Waals surface area (Å²) in [5, 5.41) is 13.1. The average Bonchev–Trinajstić information content (AvgIpc) is 3.79. The predicted molar refractivity (Wildman–Crippen MR) is 214 cm³/mol. The Hall–Kier alpha value is -5.26. The highest BCUT2D eigenvalue weighted by atomic mass is 16.5. The monoisotopic (exact) mass is 701 g/mol. The molecule has 2 heterocycles. The molecule has 0 saturated heterocycles. The number of aromatic amines is 1. The molecular formula is C48H47NO4. The van der Waals surface area contributed by atoms with E-state index in [0.717, 1.165) is 80.8 Å². The van der Waals surface area contributed by atoms with Gasteiger partial charge >= 0.3 is 0 Å². The molecule has 5 heteroatoms. The second-order valence-electron chi connectivity index (χ2n) is 16.9. The smallest absolute Gasteiger partial charge is 0.178 e. The molecule has 268 valence electrons. The van der Waals surface area contributed by atoms with Crippen molar-refractivity contribution in [3.8, 4) is 39.6 Å². The van der Waals surface area contributed by atoms with E-state index in [1.165, 1.54) is 22.3 Å². The van der Waals surface area contributed by atoms with Gasteiger partial charge in [-0.2, -0.15) is 0 Å². The van der Waals surface area contributed by atoms with Crippen molar-refractivity contribution in [2.45, 2.75) is 64.6 Å². The molecule has 0 unspecified atom stereocenters. The fourth-order valence-corrected chi connectivity index (χ4v) is 10.8. The number of fused-ring (bicyclic) bond motifs is 10. The van der Waals surface area contributed by atoms with Crippen molar-refractivity contribution in [1.29, 1.82) is 0 Å². The third kappa shape index (κ3) is 5.08. The Morgan fingerprint density at radius 1 is 0.717 bits per heavy atom. The maximum atomic E-state index is 10.9. The predicted octanol–water partition coefficient (Wildman–Crippen LogP) is 11.2. The zero-order valence-electron chi connectivity index (χ0n) is 31.5. The van der Waals surface area contributed by atoms with Gasteiger partial charge in [0.2, 0.25) is 0 Å². The van der Waals surface area contributed by atoms with Gasteiger partial charge in [-0.3, -0.25) is 0 Å². The highest BCUT2D eigenvalue weighted by molar-refractivity contribution is 6.10. The number of nitrogens with one attached hydrogen (secondary N) is 1. The molecule has 5 nitrogen and oxygen atoms in total. The van der Waals surface area contributed by atoms with Gasteiger partial charge in [-0.15, -0.1) is 0 Å². The summed E-state index contributed by atoms with van der Waals surface area (Å²) in [4.78, 5) is 3.41. The molecule has 1 saturated carbocycles. The highest BCUT2D eigenvalue weighted by Gasteiger charge is 2.55. The molecule has 0 atom stereocenters. The molecule has 53 heavy (non-hydrogen) atoms. The van der Waals surface area contributed by atoms with Gasteiger partial charge in [0.25, 0.3) is 0 Å². The molecule has 0 bridgehead atoms. The topological polar surface area (TPSA) is 63.7 Å². The van der Waals surface area contributed by atoms with Gasteiger partial charge in [-0.25, -0.2) is 0 Å². The number of aliphatic hydroxyl groups is 1. The fraction of sp³-hybridized carbons (Fsp3) is 0.292. The molecule has 1 fully saturated rings. The van der Waals surface area contributed by atoms with Crippen LogP contribution in [0.15, 0.2) is 109 Å².